The minimum Gasteiger partial charge on any atom is -0.457 e. The molecule has 5 aliphatic rings. The van der Waals surface area contributed by atoms with Crippen LogP contribution in [0.5, 0.6) is 11.5 Å². The van der Waals surface area contributed by atoms with Crippen molar-refractivity contribution in [2.75, 3.05) is 6.61 Å². The molecule has 0 N–H and O–H groups in total. The summed E-state index contributed by atoms with van der Waals surface area (Å²) in [6.45, 7) is 8.60. The first-order valence-electron chi connectivity index (χ1n) is 20.0. The van der Waals surface area contributed by atoms with Crippen LogP contribution in [0.4, 0.5) is 0 Å². The maximum atomic E-state index is 13.6. The summed E-state index contributed by atoms with van der Waals surface area (Å²) in [4.78, 5) is 41.4. The molecule has 1 heterocycles. The van der Waals surface area contributed by atoms with Gasteiger partial charge in [-0.15, -0.1) is 0 Å². The van der Waals surface area contributed by atoms with Gasteiger partial charge in [-0.1, -0.05) is 68.6 Å². The van der Waals surface area contributed by atoms with Gasteiger partial charge >= 0.3 is 17.9 Å². The van der Waals surface area contributed by atoms with E-state index in [2.05, 4.69) is 13.8 Å². The fraction of sp³-hybridized carbons (Fsp3) is 0.674. The molecule has 0 radical (unpaired) electrons. The van der Waals surface area contributed by atoms with Crippen LogP contribution in [0.15, 0.2) is 43.4 Å². The standard InChI is InChI=1S/C43H57NO6S2/c1-26(2)23-24-48-42(47)35(25-44)43-51-38-36(49-40(45)33-17-13-31(14-18-33)29-9-5-27(3)6-10-29)21-22-37(39(38)52-43)50-41(46)34-19-15-32(16-20-34)30-11-7-28(4)8-12-30/h21-23,27-34H,5-20,24H2,1-4H3. The van der Waals surface area contributed by atoms with E-state index in [1.807, 2.05) is 19.9 Å². The van der Waals surface area contributed by atoms with E-state index in [0.717, 1.165) is 80.6 Å². The maximum Gasteiger partial charge on any atom is 0.350 e. The molecule has 0 unspecified atom stereocenters. The molecule has 0 aromatic heterocycles. The zero-order valence-electron chi connectivity index (χ0n) is 31.6. The van der Waals surface area contributed by atoms with Crippen molar-refractivity contribution in [3.05, 3.63) is 33.6 Å². The molecule has 4 fully saturated rings. The number of carbonyl (C=O) groups is 3. The van der Waals surface area contributed by atoms with Crippen LogP contribution in [0.3, 0.4) is 0 Å². The Morgan fingerprint density at radius 2 is 1.06 bits per heavy atom. The third-order valence-corrected chi connectivity index (χ3v) is 15.4. The molecule has 6 rings (SSSR count). The van der Waals surface area contributed by atoms with Gasteiger partial charge in [-0.3, -0.25) is 9.59 Å². The highest BCUT2D eigenvalue weighted by atomic mass is 32.2. The summed E-state index contributed by atoms with van der Waals surface area (Å²) in [6, 6.07) is 5.43. The Morgan fingerprint density at radius 1 is 0.673 bits per heavy atom. The molecule has 0 bridgehead atoms. The van der Waals surface area contributed by atoms with E-state index in [9.17, 15) is 19.6 Å². The first-order valence-corrected chi connectivity index (χ1v) is 21.6. The number of fused-ring (bicyclic) bond motifs is 1. The second-order valence-electron chi connectivity index (χ2n) is 16.7. The van der Waals surface area contributed by atoms with Crippen LogP contribution in [0.2, 0.25) is 0 Å². The van der Waals surface area contributed by atoms with Crippen molar-refractivity contribution in [1.29, 1.82) is 5.26 Å². The van der Waals surface area contributed by atoms with Crippen molar-refractivity contribution in [3.63, 3.8) is 0 Å². The van der Waals surface area contributed by atoms with Crippen LogP contribution in [0, 0.1) is 58.7 Å². The molecule has 1 aromatic carbocycles. The van der Waals surface area contributed by atoms with E-state index in [4.69, 9.17) is 14.2 Å². The molecule has 0 saturated heterocycles. The average Bonchev–Trinajstić information content (AvgIpc) is 3.59. The predicted molar refractivity (Wildman–Crippen MR) is 206 cm³/mol. The maximum absolute atomic E-state index is 13.6. The summed E-state index contributed by atoms with van der Waals surface area (Å²) in [5.41, 5.74) is 0.886. The molecule has 52 heavy (non-hydrogen) atoms. The molecule has 7 nitrogen and oxygen atoms in total. The zero-order valence-corrected chi connectivity index (χ0v) is 33.2. The third-order valence-electron chi connectivity index (χ3n) is 12.7. The van der Waals surface area contributed by atoms with Crippen molar-refractivity contribution in [2.24, 2.45) is 47.3 Å². The van der Waals surface area contributed by atoms with Crippen LogP contribution in [-0.2, 0) is 19.1 Å². The van der Waals surface area contributed by atoms with E-state index in [0.29, 0.717) is 37.4 Å². The Hall–Kier alpha value is -2.70. The molecule has 1 aromatic rings. The van der Waals surface area contributed by atoms with Gasteiger partial charge in [0, 0.05) is 0 Å². The normalized spacial score (nSPS) is 30.3. The fourth-order valence-electron chi connectivity index (χ4n) is 9.27. The van der Waals surface area contributed by atoms with Crippen molar-refractivity contribution in [3.8, 4) is 17.6 Å². The zero-order chi connectivity index (χ0) is 36.8. The average molecular weight is 748 g/mol. The van der Waals surface area contributed by atoms with Crippen molar-refractivity contribution in [2.45, 2.75) is 140 Å². The summed E-state index contributed by atoms with van der Waals surface area (Å²) in [6.07, 6.45) is 19.9. The van der Waals surface area contributed by atoms with Crippen LogP contribution >= 0.6 is 23.5 Å². The van der Waals surface area contributed by atoms with Gasteiger partial charge in [0.05, 0.1) is 25.9 Å². The molecule has 282 valence electrons. The van der Waals surface area contributed by atoms with Gasteiger partial charge < -0.3 is 14.2 Å². The molecule has 0 amide bonds. The van der Waals surface area contributed by atoms with Crippen molar-refractivity contribution in [1.82, 2.24) is 0 Å². The smallest absolute Gasteiger partial charge is 0.350 e. The number of nitriles is 1. The summed E-state index contributed by atoms with van der Waals surface area (Å²) < 4.78 is 18.0. The minimum absolute atomic E-state index is 0.0673. The van der Waals surface area contributed by atoms with Crippen LogP contribution < -0.4 is 9.47 Å². The molecular weight excluding hydrogens is 691 g/mol. The van der Waals surface area contributed by atoms with Gasteiger partial charge in [0.25, 0.3) is 0 Å². The number of benzene rings is 1. The highest BCUT2D eigenvalue weighted by Crippen LogP contribution is 2.59. The van der Waals surface area contributed by atoms with E-state index in [1.165, 1.54) is 74.9 Å². The van der Waals surface area contributed by atoms with E-state index >= 15 is 0 Å². The molecular formula is C43H57NO6S2. The highest BCUT2D eigenvalue weighted by molar-refractivity contribution is 8.24. The van der Waals surface area contributed by atoms with E-state index in [-0.39, 0.29) is 36.0 Å². The Balaban J connectivity index is 1.15. The first-order chi connectivity index (χ1) is 25.1. The predicted octanol–water partition coefficient (Wildman–Crippen LogP) is 11.2. The van der Waals surface area contributed by atoms with E-state index in [1.54, 1.807) is 18.2 Å². The van der Waals surface area contributed by atoms with Crippen LogP contribution in [0.25, 0.3) is 0 Å². The number of rotatable bonds is 9. The molecule has 0 atom stereocenters. The summed E-state index contributed by atoms with van der Waals surface area (Å²) >= 11 is 2.40. The monoisotopic (exact) mass is 747 g/mol. The number of hydrogen-bond acceptors (Lipinski definition) is 9. The number of carbonyl (C=O) groups excluding carboxylic acids is 3. The van der Waals surface area contributed by atoms with Crippen molar-refractivity contribution < 1.29 is 28.6 Å². The fourth-order valence-corrected chi connectivity index (χ4v) is 11.8. The lowest BCUT2D eigenvalue weighted by molar-refractivity contribution is -0.141. The molecule has 4 saturated carbocycles. The van der Waals surface area contributed by atoms with E-state index < -0.39 is 5.97 Å². The van der Waals surface area contributed by atoms with Gasteiger partial charge in [-0.25, -0.2) is 4.79 Å². The van der Waals surface area contributed by atoms with Gasteiger partial charge in [0.15, 0.2) is 5.57 Å². The van der Waals surface area contributed by atoms with Gasteiger partial charge in [-0.2, -0.15) is 5.26 Å². The van der Waals surface area contributed by atoms with Crippen molar-refractivity contribution >= 4 is 41.4 Å². The lowest BCUT2D eigenvalue weighted by atomic mass is 9.69. The topological polar surface area (TPSA) is 103 Å². The summed E-state index contributed by atoms with van der Waals surface area (Å²) in [5, 5.41) is 10.0. The number of ether oxygens (including phenoxy) is 3. The second kappa shape index (κ2) is 18.1. The number of esters is 3. The van der Waals surface area contributed by atoms with Crippen LogP contribution in [0.1, 0.15) is 130 Å². The number of thioether (sulfide) groups is 2. The summed E-state index contributed by atoms with van der Waals surface area (Å²) in [7, 11) is 0. The molecule has 1 aliphatic heterocycles. The Morgan fingerprint density at radius 3 is 1.42 bits per heavy atom. The lowest BCUT2D eigenvalue weighted by Crippen LogP contribution is -2.30. The molecule has 4 aliphatic carbocycles. The second-order valence-corrected chi connectivity index (χ2v) is 19.0. The SMILES string of the molecule is CC(C)=CCOC(=O)C(C#N)=C1Sc2c(OC(=O)C3CCC(C4CCC(C)CC4)CC3)ccc(OC(=O)C3CCC(C4CCC(C)CC4)CC3)c2S1. The van der Waals surface area contributed by atoms with Crippen LogP contribution in [-0.4, -0.2) is 24.5 Å². The quantitative estimate of drug-likeness (QED) is 0.0803. The number of hydrogen-bond donors (Lipinski definition) is 0. The molecule has 9 heteroatoms. The van der Waals surface area contributed by atoms with Gasteiger partial charge in [-0.05, 0) is 145 Å². The number of nitrogens with zero attached hydrogens (tertiary/aromatic N) is 1. The molecule has 0 spiro atoms. The van der Waals surface area contributed by atoms with Gasteiger partial charge in [0.1, 0.15) is 24.2 Å². The third kappa shape index (κ3) is 9.69. The number of allylic oxidation sites excluding steroid dienone is 1. The highest BCUT2D eigenvalue weighted by Gasteiger charge is 2.37. The first kappa shape index (κ1) is 39.0. The Bertz CT molecular complexity index is 1470. The lowest BCUT2D eigenvalue weighted by Gasteiger charge is -2.36. The van der Waals surface area contributed by atoms with Gasteiger partial charge in [0.2, 0.25) is 0 Å². The Labute approximate surface area is 319 Å². The largest absolute Gasteiger partial charge is 0.457 e. The summed E-state index contributed by atoms with van der Waals surface area (Å²) in [5.74, 6) is 3.84. The Kier molecular flexibility index (Phi) is 13.6. The minimum atomic E-state index is -0.715.